The van der Waals surface area contributed by atoms with E-state index in [0.717, 1.165) is 36.6 Å². The van der Waals surface area contributed by atoms with Crippen molar-refractivity contribution in [2.75, 3.05) is 35.7 Å². The summed E-state index contributed by atoms with van der Waals surface area (Å²) in [4.78, 5) is 14.2. The smallest absolute Gasteiger partial charge is 0.323 e. The van der Waals surface area contributed by atoms with Crippen molar-refractivity contribution in [3.8, 4) is 0 Å². The topological polar surface area (TPSA) is 53.6 Å². The van der Waals surface area contributed by atoms with Crippen molar-refractivity contribution in [3.05, 3.63) is 54.6 Å². The van der Waals surface area contributed by atoms with Gasteiger partial charge in [-0.3, -0.25) is 0 Å². The standard InChI is InChI=1S/C18H21N3O2/c1-23-17-11-12-21(13-17)16-9-7-15(8-10-16)20-18(22)19-14-5-3-2-4-6-14/h2-10,17H,11-13H2,1H3,(H2,19,20,22)/t17-/m1/s1. The first-order chi connectivity index (χ1) is 11.2. The summed E-state index contributed by atoms with van der Waals surface area (Å²) in [6, 6.07) is 17.0. The van der Waals surface area contributed by atoms with Crippen LogP contribution in [0.15, 0.2) is 54.6 Å². The molecule has 2 aromatic rings. The number of anilines is 3. The van der Waals surface area contributed by atoms with Gasteiger partial charge in [-0.2, -0.15) is 0 Å². The van der Waals surface area contributed by atoms with E-state index in [1.165, 1.54) is 0 Å². The van der Waals surface area contributed by atoms with Gasteiger partial charge in [-0.1, -0.05) is 18.2 Å². The minimum absolute atomic E-state index is 0.246. The maximum Gasteiger partial charge on any atom is 0.323 e. The van der Waals surface area contributed by atoms with Crippen LogP contribution in [0, 0.1) is 0 Å². The van der Waals surface area contributed by atoms with Crippen molar-refractivity contribution >= 4 is 23.1 Å². The quantitative estimate of drug-likeness (QED) is 0.908. The van der Waals surface area contributed by atoms with Crippen molar-refractivity contribution < 1.29 is 9.53 Å². The predicted octanol–water partition coefficient (Wildman–Crippen LogP) is 3.56. The number of hydrogen-bond acceptors (Lipinski definition) is 3. The lowest BCUT2D eigenvalue weighted by atomic mass is 10.2. The molecule has 2 aromatic carbocycles. The van der Waals surface area contributed by atoms with Crippen molar-refractivity contribution in [1.29, 1.82) is 0 Å². The number of rotatable bonds is 4. The molecule has 2 N–H and O–H groups in total. The van der Waals surface area contributed by atoms with E-state index in [-0.39, 0.29) is 6.03 Å². The number of nitrogens with zero attached hydrogens (tertiary/aromatic N) is 1. The fourth-order valence-electron chi connectivity index (χ4n) is 2.73. The van der Waals surface area contributed by atoms with E-state index in [0.29, 0.717) is 6.10 Å². The Kier molecular flexibility index (Phi) is 4.78. The number of benzene rings is 2. The second-order valence-corrected chi connectivity index (χ2v) is 5.58. The molecule has 2 amide bonds. The van der Waals surface area contributed by atoms with Crippen molar-refractivity contribution in [1.82, 2.24) is 0 Å². The van der Waals surface area contributed by atoms with Crippen molar-refractivity contribution in [3.63, 3.8) is 0 Å². The van der Waals surface area contributed by atoms with Gasteiger partial charge in [0.1, 0.15) is 0 Å². The fraction of sp³-hybridized carbons (Fsp3) is 0.278. The number of methoxy groups -OCH3 is 1. The molecule has 0 aliphatic carbocycles. The van der Waals surface area contributed by atoms with Crippen LogP contribution in [0.4, 0.5) is 21.9 Å². The summed E-state index contributed by atoms with van der Waals surface area (Å²) >= 11 is 0. The molecule has 1 atom stereocenters. The molecule has 1 aliphatic rings. The lowest BCUT2D eigenvalue weighted by molar-refractivity contribution is 0.121. The highest BCUT2D eigenvalue weighted by Crippen LogP contribution is 2.23. The number of amides is 2. The fourth-order valence-corrected chi connectivity index (χ4v) is 2.73. The number of hydrogen-bond donors (Lipinski definition) is 2. The Morgan fingerprint density at radius 3 is 2.30 bits per heavy atom. The van der Waals surface area contributed by atoms with Crippen LogP contribution in [0.1, 0.15) is 6.42 Å². The van der Waals surface area contributed by atoms with E-state index in [1.807, 2.05) is 54.6 Å². The van der Waals surface area contributed by atoms with Crippen LogP contribution in [0.2, 0.25) is 0 Å². The largest absolute Gasteiger partial charge is 0.380 e. The molecular formula is C18H21N3O2. The third-order valence-corrected chi connectivity index (χ3v) is 4.00. The SMILES string of the molecule is CO[C@@H]1CCN(c2ccc(NC(=O)Nc3ccccc3)cc2)C1. The predicted molar refractivity (Wildman–Crippen MR) is 93.2 cm³/mol. The molecule has 5 heteroatoms. The van der Waals surface area contributed by atoms with Gasteiger partial charge in [-0.25, -0.2) is 4.79 Å². The van der Waals surface area contributed by atoms with Gasteiger partial charge in [-0.15, -0.1) is 0 Å². The van der Waals surface area contributed by atoms with E-state index in [9.17, 15) is 4.79 Å². The third-order valence-electron chi connectivity index (χ3n) is 4.00. The van der Waals surface area contributed by atoms with Gasteiger partial charge in [0.25, 0.3) is 0 Å². The van der Waals surface area contributed by atoms with E-state index in [1.54, 1.807) is 7.11 Å². The van der Waals surface area contributed by atoms with E-state index in [2.05, 4.69) is 15.5 Å². The van der Waals surface area contributed by atoms with Crippen LogP contribution in [-0.4, -0.2) is 32.3 Å². The summed E-state index contributed by atoms with van der Waals surface area (Å²) in [6.45, 7) is 1.91. The zero-order valence-electron chi connectivity index (χ0n) is 13.2. The molecule has 5 nitrogen and oxygen atoms in total. The minimum atomic E-state index is -0.246. The van der Waals surface area contributed by atoms with Crippen LogP contribution in [0.5, 0.6) is 0 Å². The molecule has 1 saturated heterocycles. The zero-order valence-corrected chi connectivity index (χ0v) is 13.2. The summed E-state index contributed by atoms with van der Waals surface area (Å²) in [5, 5.41) is 5.63. The van der Waals surface area contributed by atoms with Gasteiger partial charge in [-0.05, 0) is 42.8 Å². The summed E-state index contributed by atoms with van der Waals surface area (Å²) in [5.74, 6) is 0. The first-order valence-electron chi connectivity index (χ1n) is 7.75. The normalized spacial score (nSPS) is 17.1. The van der Waals surface area contributed by atoms with Gasteiger partial charge in [0, 0.05) is 37.3 Å². The maximum atomic E-state index is 12.0. The molecule has 120 valence electrons. The molecule has 0 bridgehead atoms. The second kappa shape index (κ2) is 7.15. The lowest BCUT2D eigenvalue weighted by Gasteiger charge is -2.18. The second-order valence-electron chi connectivity index (χ2n) is 5.58. The molecule has 0 aromatic heterocycles. The summed E-state index contributed by atoms with van der Waals surface area (Å²) in [6.07, 6.45) is 1.36. The molecule has 1 fully saturated rings. The van der Waals surface area contributed by atoms with Crippen LogP contribution in [-0.2, 0) is 4.74 Å². The Morgan fingerprint density at radius 2 is 1.70 bits per heavy atom. The Balaban J connectivity index is 1.56. The van der Waals surface area contributed by atoms with Gasteiger partial charge in [0.2, 0.25) is 0 Å². The molecule has 0 unspecified atom stereocenters. The van der Waals surface area contributed by atoms with Crippen molar-refractivity contribution in [2.45, 2.75) is 12.5 Å². The van der Waals surface area contributed by atoms with E-state index >= 15 is 0 Å². The van der Waals surface area contributed by atoms with Crippen LogP contribution < -0.4 is 15.5 Å². The van der Waals surface area contributed by atoms with Crippen LogP contribution >= 0.6 is 0 Å². The summed E-state index contributed by atoms with van der Waals surface area (Å²) < 4.78 is 5.39. The Bertz CT molecular complexity index is 643. The van der Waals surface area contributed by atoms with Crippen LogP contribution in [0.3, 0.4) is 0 Å². The number of carbonyl (C=O) groups excluding carboxylic acids is 1. The number of nitrogens with one attached hydrogen (secondary N) is 2. The third kappa shape index (κ3) is 4.02. The molecule has 23 heavy (non-hydrogen) atoms. The van der Waals surface area contributed by atoms with Gasteiger partial charge < -0.3 is 20.3 Å². The monoisotopic (exact) mass is 311 g/mol. The lowest BCUT2D eigenvalue weighted by Crippen LogP contribution is -2.22. The highest BCUT2D eigenvalue weighted by molar-refractivity contribution is 5.99. The molecule has 0 saturated carbocycles. The first-order valence-corrected chi connectivity index (χ1v) is 7.75. The Labute approximate surface area is 136 Å². The zero-order chi connectivity index (χ0) is 16.1. The Hall–Kier alpha value is -2.53. The Morgan fingerprint density at radius 1 is 1.04 bits per heavy atom. The van der Waals surface area contributed by atoms with E-state index < -0.39 is 0 Å². The molecule has 0 radical (unpaired) electrons. The molecular weight excluding hydrogens is 290 g/mol. The minimum Gasteiger partial charge on any atom is -0.380 e. The highest BCUT2D eigenvalue weighted by atomic mass is 16.5. The average Bonchev–Trinajstić information content (AvgIpc) is 3.05. The van der Waals surface area contributed by atoms with Gasteiger partial charge in [0.05, 0.1) is 6.10 Å². The maximum absolute atomic E-state index is 12.0. The highest BCUT2D eigenvalue weighted by Gasteiger charge is 2.22. The first kappa shape index (κ1) is 15.4. The van der Waals surface area contributed by atoms with Crippen molar-refractivity contribution in [2.24, 2.45) is 0 Å². The molecule has 3 rings (SSSR count). The number of para-hydroxylation sites is 1. The average molecular weight is 311 g/mol. The number of carbonyl (C=O) groups is 1. The molecule has 0 spiro atoms. The number of urea groups is 1. The molecule has 1 heterocycles. The van der Waals surface area contributed by atoms with Crippen LogP contribution in [0.25, 0.3) is 0 Å². The summed E-state index contributed by atoms with van der Waals surface area (Å²) in [5.41, 5.74) is 2.69. The number of ether oxygens (including phenoxy) is 1. The molecule has 1 aliphatic heterocycles. The van der Waals surface area contributed by atoms with E-state index in [4.69, 9.17) is 4.74 Å². The van der Waals surface area contributed by atoms with Gasteiger partial charge in [0.15, 0.2) is 0 Å². The summed E-state index contributed by atoms with van der Waals surface area (Å²) in [7, 11) is 1.76. The van der Waals surface area contributed by atoms with Gasteiger partial charge >= 0.3 is 6.03 Å².